The Morgan fingerprint density at radius 3 is 2.91 bits per heavy atom. The number of hydrazine groups is 1. The van der Waals surface area contributed by atoms with E-state index in [0.29, 0.717) is 0 Å². The summed E-state index contributed by atoms with van der Waals surface area (Å²) in [5.74, 6) is 0.761. The van der Waals surface area contributed by atoms with Crippen LogP contribution in [0.4, 0.5) is 0 Å². The normalized spacial score (nSPS) is 35.3. The Labute approximate surface area is 65.8 Å². The molecular weight excluding hydrogens is 140 g/mol. The van der Waals surface area contributed by atoms with Crippen LogP contribution in [0.2, 0.25) is 0 Å². The van der Waals surface area contributed by atoms with Gasteiger partial charge in [-0.05, 0) is 18.4 Å². The van der Waals surface area contributed by atoms with E-state index < -0.39 is 5.54 Å². The van der Waals surface area contributed by atoms with Gasteiger partial charge in [-0.1, -0.05) is 12.8 Å². The van der Waals surface area contributed by atoms with Crippen molar-refractivity contribution in [2.75, 3.05) is 0 Å². The molecular formula is C8H12N2O. The predicted octanol–water partition coefficient (Wildman–Crippen LogP) is 0.346. The fourth-order valence-corrected chi connectivity index (χ4v) is 1.44. The lowest BCUT2D eigenvalue weighted by Crippen LogP contribution is -2.46. The second kappa shape index (κ2) is 2.34. The Balaban J connectivity index is 2.02. The zero-order valence-corrected chi connectivity index (χ0v) is 6.34. The highest BCUT2D eigenvalue weighted by molar-refractivity contribution is 5.68. The number of carbonyl (C=O) groups excluding carboxylic acids is 1. The molecule has 0 spiro atoms. The second-order valence-corrected chi connectivity index (χ2v) is 3.41. The number of hydrogen-bond acceptors (Lipinski definition) is 3. The first-order valence-corrected chi connectivity index (χ1v) is 4.01. The topological polar surface area (TPSA) is 41.1 Å². The third-order valence-electron chi connectivity index (χ3n) is 2.30. The molecule has 1 saturated carbocycles. The Hall–Kier alpha value is -0.830. The predicted molar refractivity (Wildman–Crippen MR) is 41.5 cm³/mol. The minimum absolute atomic E-state index is 0.402. The average Bonchev–Trinajstić information content (AvgIpc) is 2.68. The van der Waals surface area contributed by atoms with E-state index >= 15 is 0 Å². The molecule has 2 aliphatic rings. The van der Waals surface area contributed by atoms with Crippen molar-refractivity contribution < 1.29 is 4.79 Å². The van der Waals surface area contributed by atoms with Crippen LogP contribution in [0.3, 0.4) is 0 Å². The van der Waals surface area contributed by atoms with Crippen molar-refractivity contribution in [1.29, 1.82) is 0 Å². The second-order valence-electron chi connectivity index (χ2n) is 3.41. The van der Waals surface area contributed by atoms with Crippen molar-refractivity contribution in [3.8, 4) is 0 Å². The zero-order chi connectivity index (χ0) is 7.73. The molecule has 1 aliphatic carbocycles. The Morgan fingerprint density at radius 1 is 1.64 bits per heavy atom. The van der Waals surface area contributed by atoms with Gasteiger partial charge in [-0.2, -0.15) is 0 Å². The molecule has 0 aromatic heterocycles. The first-order chi connectivity index (χ1) is 5.35. The van der Waals surface area contributed by atoms with Crippen LogP contribution in [0.5, 0.6) is 0 Å². The number of rotatable bonds is 3. The van der Waals surface area contributed by atoms with Crippen molar-refractivity contribution in [2.24, 2.45) is 5.92 Å². The summed E-state index contributed by atoms with van der Waals surface area (Å²) in [5, 5.41) is 0. The van der Waals surface area contributed by atoms with Crippen LogP contribution in [-0.2, 0) is 4.79 Å². The Bertz CT molecular complexity index is 198. The van der Waals surface area contributed by atoms with E-state index in [4.69, 9.17) is 0 Å². The monoisotopic (exact) mass is 152 g/mol. The highest BCUT2D eigenvalue weighted by atomic mass is 16.1. The minimum Gasteiger partial charge on any atom is -0.328 e. The summed E-state index contributed by atoms with van der Waals surface area (Å²) < 4.78 is 0. The number of carbonyl (C=O) groups is 1. The quantitative estimate of drug-likeness (QED) is 0.573. The summed E-state index contributed by atoms with van der Waals surface area (Å²) in [7, 11) is 0. The van der Waals surface area contributed by atoms with E-state index in [-0.39, 0.29) is 0 Å². The largest absolute Gasteiger partial charge is 0.328 e. The highest BCUT2D eigenvalue weighted by Gasteiger charge is 2.36. The van der Waals surface area contributed by atoms with Crippen LogP contribution < -0.4 is 10.9 Å². The van der Waals surface area contributed by atoms with Gasteiger partial charge in [0.15, 0.2) is 0 Å². The van der Waals surface area contributed by atoms with Crippen LogP contribution in [0, 0.1) is 5.92 Å². The molecule has 2 N–H and O–H groups in total. The van der Waals surface area contributed by atoms with E-state index in [2.05, 4.69) is 10.9 Å². The maximum absolute atomic E-state index is 10.7. The standard InChI is InChI=1S/C8H12N2O/c11-6-8(3-4-9-10-8)5-7-1-2-7/h3-4,6-7,9-10H,1-2,5H2. The molecule has 0 aromatic carbocycles. The molecule has 1 aliphatic heterocycles. The summed E-state index contributed by atoms with van der Waals surface area (Å²) >= 11 is 0. The molecule has 3 heteroatoms. The molecule has 3 nitrogen and oxygen atoms in total. The third-order valence-corrected chi connectivity index (χ3v) is 2.30. The molecule has 0 amide bonds. The van der Waals surface area contributed by atoms with Gasteiger partial charge in [-0.3, -0.25) is 0 Å². The molecule has 0 bridgehead atoms. The summed E-state index contributed by atoms with van der Waals surface area (Å²) in [6.45, 7) is 0. The van der Waals surface area contributed by atoms with Gasteiger partial charge in [0, 0.05) is 6.20 Å². The lowest BCUT2D eigenvalue weighted by molar-refractivity contribution is -0.112. The minimum atomic E-state index is -0.402. The van der Waals surface area contributed by atoms with Gasteiger partial charge in [0.2, 0.25) is 0 Å². The van der Waals surface area contributed by atoms with Crippen molar-refractivity contribution in [1.82, 2.24) is 10.9 Å². The van der Waals surface area contributed by atoms with Crippen LogP contribution in [0.15, 0.2) is 12.3 Å². The van der Waals surface area contributed by atoms with Crippen molar-refractivity contribution in [3.63, 3.8) is 0 Å². The molecule has 1 fully saturated rings. The molecule has 1 heterocycles. The van der Waals surface area contributed by atoms with E-state index in [1.54, 1.807) is 6.20 Å². The van der Waals surface area contributed by atoms with Crippen LogP contribution in [0.1, 0.15) is 19.3 Å². The molecule has 0 aromatic rings. The van der Waals surface area contributed by atoms with Gasteiger partial charge in [-0.25, -0.2) is 5.43 Å². The third kappa shape index (κ3) is 1.28. The summed E-state index contributed by atoms with van der Waals surface area (Å²) in [5.41, 5.74) is 5.40. The van der Waals surface area contributed by atoms with E-state index in [0.717, 1.165) is 18.6 Å². The van der Waals surface area contributed by atoms with Gasteiger partial charge in [0.1, 0.15) is 11.8 Å². The number of nitrogens with one attached hydrogen (secondary N) is 2. The van der Waals surface area contributed by atoms with Crippen molar-refractivity contribution >= 4 is 6.29 Å². The Kier molecular flexibility index (Phi) is 1.46. The molecule has 11 heavy (non-hydrogen) atoms. The molecule has 0 radical (unpaired) electrons. The lowest BCUT2D eigenvalue weighted by Gasteiger charge is -2.19. The van der Waals surface area contributed by atoms with Crippen molar-refractivity contribution in [2.45, 2.75) is 24.8 Å². The number of aldehydes is 1. The molecule has 1 unspecified atom stereocenters. The first-order valence-electron chi connectivity index (χ1n) is 4.01. The van der Waals surface area contributed by atoms with E-state index in [9.17, 15) is 4.79 Å². The molecule has 1 atom stereocenters. The van der Waals surface area contributed by atoms with E-state index in [1.807, 2.05) is 6.08 Å². The Morgan fingerprint density at radius 2 is 2.45 bits per heavy atom. The zero-order valence-electron chi connectivity index (χ0n) is 6.34. The summed E-state index contributed by atoms with van der Waals surface area (Å²) in [6.07, 6.45) is 8.19. The summed E-state index contributed by atoms with van der Waals surface area (Å²) in [4.78, 5) is 10.7. The van der Waals surface area contributed by atoms with Gasteiger partial charge in [0.25, 0.3) is 0 Å². The average molecular weight is 152 g/mol. The molecule has 0 saturated heterocycles. The van der Waals surface area contributed by atoms with Crippen LogP contribution in [-0.4, -0.2) is 11.8 Å². The number of hydrogen-bond donors (Lipinski definition) is 2. The maximum Gasteiger partial charge on any atom is 0.145 e. The van der Waals surface area contributed by atoms with Gasteiger partial charge in [-0.15, -0.1) is 0 Å². The van der Waals surface area contributed by atoms with Crippen LogP contribution >= 0.6 is 0 Å². The smallest absolute Gasteiger partial charge is 0.145 e. The van der Waals surface area contributed by atoms with Gasteiger partial charge in [0.05, 0.1) is 0 Å². The maximum atomic E-state index is 10.7. The van der Waals surface area contributed by atoms with Crippen LogP contribution in [0.25, 0.3) is 0 Å². The van der Waals surface area contributed by atoms with Gasteiger partial charge >= 0.3 is 0 Å². The molecule has 2 rings (SSSR count). The fraction of sp³-hybridized carbons (Fsp3) is 0.625. The first kappa shape index (κ1) is 6.85. The van der Waals surface area contributed by atoms with Crippen molar-refractivity contribution in [3.05, 3.63) is 12.3 Å². The SMILES string of the molecule is O=CC1(CC2CC2)C=CNN1. The van der Waals surface area contributed by atoms with E-state index in [1.165, 1.54) is 12.8 Å². The fourth-order valence-electron chi connectivity index (χ4n) is 1.44. The summed E-state index contributed by atoms with van der Waals surface area (Å²) in [6, 6.07) is 0. The molecule has 60 valence electrons. The van der Waals surface area contributed by atoms with Gasteiger partial charge < -0.3 is 10.2 Å². The highest BCUT2D eigenvalue weighted by Crippen LogP contribution is 2.36. The lowest BCUT2D eigenvalue weighted by atomic mass is 9.96.